The maximum absolute atomic E-state index is 12.1. The number of aryl methyl sites for hydroxylation is 1. The third-order valence-corrected chi connectivity index (χ3v) is 2.02. The van der Waals surface area contributed by atoms with Gasteiger partial charge in [-0.3, -0.25) is 4.39 Å². The Labute approximate surface area is 70.4 Å². The van der Waals surface area contributed by atoms with Crippen molar-refractivity contribution in [3.63, 3.8) is 0 Å². The number of aromatic nitrogens is 1. The average molecular weight is 163 g/mol. The highest BCUT2D eigenvalue weighted by atomic mass is 19.1. The van der Waals surface area contributed by atoms with Crippen molar-refractivity contribution in [1.29, 1.82) is 0 Å². The van der Waals surface area contributed by atoms with Crippen LogP contribution in [0.25, 0.3) is 5.52 Å². The van der Waals surface area contributed by atoms with Crippen LogP contribution >= 0.6 is 0 Å². The summed E-state index contributed by atoms with van der Waals surface area (Å²) in [6.07, 6.45) is 4.45. The molecule has 2 rings (SSSR count). The number of nitrogens with zero attached hydrogens (tertiary/aromatic N) is 1. The van der Waals surface area contributed by atoms with Gasteiger partial charge in [0.25, 0.3) is 0 Å². The maximum atomic E-state index is 12.1. The first-order valence-electron chi connectivity index (χ1n) is 4.02. The van der Waals surface area contributed by atoms with Crippen molar-refractivity contribution in [2.45, 2.75) is 6.42 Å². The van der Waals surface area contributed by atoms with E-state index in [1.54, 1.807) is 0 Å². The number of hydrogen-bond donors (Lipinski definition) is 0. The van der Waals surface area contributed by atoms with Crippen LogP contribution in [0, 0.1) is 0 Å². The molecule has 62 valence electrons. The molecule has 2 heteroatoms. The van der Waals surface area contributed by atoms with Crippen molar-refractivity contribution < 1.29 is 4.39 Å². The topological polar surface area (TPSA) is 4.41 Å². The summed E-state index contributed by atoms with van der Waals surface area (Å²) in [6.45, 7) is -0.287. The number of pyridine rings is 1. The normalized spacial score (nSPS) is 10.8. The number of halogens is 1. The number of rotatable bonds is 2. The second-order valence-corrected chi connectivity index (χ2v) is 2.77. The van der Waals surface area contributed by atoms with Crippen LogP contribution in [0.5, 0.6) is 0 Å². The Kier molecular flexibility index (Phi) is 1.82. The molecule has 2 aromatic rings. The van der Waals surface area contributed by atoms with E-state index in [-0.39, 0.29) is 6.67 Å². The minimum atomic E-state index is -0.287. The predicted octanol–water partition coefficient (Wildman–Crippen LogP) is 2.45. The van der Waals surface area contributed by atoms with E-state index in [0.717, 1.165) is 11.1 Å². The average Bonchev–Trinajstić information content (AvgIpc) is 2.53. The molecule has 0 N–H and O–H groups in total. The van der Waals surface area contributed by atoms with E-state index in [9.17, 15) is 4.39 Å². The van der Waals surface area contributed by atoms with E-state index < -0.39 is 0 Å². The minimum Gasteiger partial charge on any atom is -0.324 e. The molecule has 0 fully saturated rings. The first-order valence-corrected chi connectivity index (χ1v) is 4.02. The summed E-state index contributed by atoms with van der Waals surface area (Å²) in [5.41, 5.74) is 2.18. The first-order chi connectivity index (χ1) is 5.92. The van der Waals surface area contributed by atoms with Crippen LogP contribution in [-0.4, -0.2) is 11.1 Å². The zero-order chi connectivity index (χ0) is 8.39. The van der Waals surface area contributed by atoms with Crippen LogP contribution in [0.2, 0.25) is 0 Å². The lowest BCUT2D eigenvalue weighted by atomic mass is 10.2. The largest absolute Gasteiger partial charge is 0.324 e. The Morgan fingerprint density at radius 2 is 1.92 bits per heavy atom. The fourth-order valence-electron chi connectivity index (χ4n) is 1.45. The Morgan fingerprint density at radius 3 is 2.67 bits per heavy atom. The molecule has 0 amide bonds. The van der Waals surface area contributed by atoms with Gasteiger partial charge in [-0.15, -0.1) is 0 Å². The summed E-state index contributed by atoms with van der Waals surface area (Å²) in [4.78, 5) is 0. The van der Waals surface area contributed by atoms with Gasteiger partial charge in [-0.2, -0.15) is 0 Å². The zero-order valence-corrected chi connectivity index (χ0v) is 6.70. The van der Waals surface area contributed by atoms with Gasteiger partial charge in [0.1, 0.15) is 0 Å². The molecule has 0 atom stereocenters. The van der Waals surface area contributed by atoms with Crippen molar-refractivity contribution in [2.24, 2.45) is 0 Å². The second kappa shape index (κ2) is 2.97. The lowest BCUT2D eigenvalue weighted by Gasteiger charge is -2.00. The van der Waals surface area contributed by atoms with Gasteiger partial charge < -0.3 is 4.40 Å². The summed E-state index contributed by atoms with van der Waals surface area (Å²) >= 11 is 0. The second-order valence-electron chi connectivity index (χ2n) is 2.77. The van der Waals surface area contributed by atoms with Gasteiger partial charge in [-0.25, -0.2) is 0 Å². The molecule has 0 aliphatic carbocycles. The quantitative estimate of drug-likeness (QED) is 0.640. The van der Waals surface area contributed by atoms with Crippen LogP contribution in [0.1, 0.15) is 5.56 Å². The Bertz CT molecular complexity index is 378. The summed E-state index contributed by atoms with van der Waals surface area (Å²) < 4.78 is 14.1. The zero-order valence-electron chi connectivity index (χ0n) is 6.70. The molecule has 2 heterocycles. The van der Waals surface area contributed by atoms with E-state index in [0.29, 0.717) is 6.42 Å². The summed E-state index contributed by atoms with van der Waals surface area (Å²) in [5.74, 6) is 0. The van der Waals surface area contributed by atoms with Crippen LogP contribution in [-0.2, 0) is 6.42 Å². The SMILES string of the molecule is FCCc1cccn2cccc12. The van der Waals surface area contributed by atoms with Crippen molar-refractivity contribution in [3.05, 3.63) is 42.2 Å². The minimum absolute atomic E-state index is 0.287. The molecule has 0 spiro atoms. The number of fused-ring (bicyclic) bond motifs is 1. The van der Waals surface area contributed by atoms with Gasteiger partial charge in [0.2, 0.25) is 0 Å². The molecule has 0 bridgehead atoms. The molecule has 2 aromatic heterocycles. The van der Waals surface area contributed by atoms with Gasteiger partial charge >= 0.3 is 0 Å². The standard InChI is InChI=1S/C10H10FN/c11-6-5-9-3-1-7-12-8-2-4-10(9)12/h1-4,7-8H,5-6H2. The van der Waals surface area contributed by atoms with E-state index in [2.05, 4.69) is 0 Å². The number of alkyl halides is 1. The lowest BCUT2D eigenvalue weighted by molar-refractivity contribution is 0.496. The highest BCUT2D eigenvalue weighted by Gasteiger charge is 1.98. The molecule has 1 nitrogen and oxygen atoms in total. The van der Waals surface area contributed by atoms with Gasteiger partial charge in [0, 0.05) is 24.3 Å². The van der Waals surface area contributed by atoms with Gasteiger partial charge in [-0.05, 0) is 23.8 Å². The van der Waals surface area contributed by atoms with Gasteiger partial charge in [-0.1, -0.05) is 6.07 Å². The number of hydrogen-bond acceptors (Lipinski definition) is 0. The fourth-order valence-corrected chi connectivity index (χ4v) is 1.45. The monoisotopic (exact) mass is 163 g/mol. The van der Waals surface area contributed by atoms with E-state index in [1.165, 1.54) is 0 Å². The molecular weight excluding hydrogens is 153 g/mol. The van der Waals surface area contributed by atoms with E-state index in [1.807, 2.05) is 41.1 Å². The fraction of sp³-hybridized carbons (Fsp3) is 0.200. The highest BCUT2D eigenvalue weighted by Crippen LogP contribution is 2.11. The summed E-state index contributed by atoms with van der Waals surface area (Å²) in [6, 6.07) is 7.88. The molecular formula is C10H10FN. The molecule has 0 saturated heterocycles. The lowest BCUT2D eigenvalue weighted by Crippen LogP contribution is -1.91. The van der Waals surface area contributed by atoms with Crippen LogP contribution in [0.15, 0.2) is 36.7 Å². The van der Waals surface area contributed by atoms with E-state index in [4.69, 9.17) is 0 Å². The molecule has 0 aliphatic heterocycles. The molecule has 0 unspecified atom stereocenters. The highest BCUT2D eigenvalue weighted by molar-refractivity contribution is 5.55. The van der Waals surface area contributed by atoms with Crippen molar-refractivity contribution >= 4 is 5.52 Å². The molecule has 0 radical (unpaired) electrons. The van der Waals surface area contributed by atoms with Gasteiger partial charge in [0.15, 0.2) is 0 Å². The third-order valence-electron chi connectivity index (χ3n) is 2.02. The van der Waals surface area contributed by atoms with Crippen molar-refractivity contribution in [2.75, 3.05) is 6.67 Å². The summed E-state index contributed by atoms with van der Waals surface area (Å²) in [5, 5.41) is 0. The predicted molar refractivity (Wildman–Crippen MR) is 47.1 cm³/mol. The van der Waals surface area contributed by atoms with E-state index >= 15 is 0 Å². The molecule has 0 aromatic carbocycles. The van der Waals surface area contributed by atoms with Crippen molar-refractivity contribution in [1.82, 2.24) is 4.40 Å². The van der Waals surface area contributed by atoms with Crippen LogP contribution < -0.4 is 0 Å². The molecule has 0 aliphatic rings. The smallest absolute Gasteiger partial charge is 0.0935 e. The van der Waals surface area contributed by atoms with Gasteiger partial charge in [0.05, 0.1) is 6.67 Å². The first kappa shape index (κ1) is 7.35. The molecule has 12 heavy (non-hydrogen) atoms. The Hall–Kier alpha value is -1.31. The Balaban J connectivity index is 2.57. The molecule has 0 saturated carbocycles. The van der Waals surface area contributed by atoms with Crippen LogP contribution in [0.3, 0.4) is 0 Å². The maximum Gasteiger partial charge on any atom is 0.0935 e. The Morgan fingerprint density at radius 1 is 1.17 bits per heavy atom. The van der Waals surface area contributed by atoms with Crippen molar-refractivity contribution in [3.8, 4) is 0 Å². The third kappa shape index (κ3) is 1.09. The van der Waals surface area contributed by atoms with Crippen LogP contribution in [0.4, 0.5) is 4.39 Å². The summed E-state index contributed by atoms with van der Waals surface area (Å²) in [7, 11) is 0.